The Labute approximate surface area is 176 Å². The van der Waals surface area contributed by atoms with Gasteiger partial charge in [-0.3, -0.25) is 24.1 Å². The summed E-state index contributed by atoms with van der Waals surface area (Å²) in [4.78, 5) is 55.3. The van der Waals surface area contributed by atoms with Crippen molar-refractivity contribution in [1.29, 1.82) is 0 Å². The molecular formula is C22H28N4O4. The summed E-state index contributed by atoms with van der Waals surface area (Å²) in [6, 6.07) is 7.13. The first kappa shape index (κ1) is 20.4. The largest absolute Gasteiger partial charge is 0.356 e. The average molecular weight is 412 g/mol. The van der Waals surface area contributed by atoms with E-state index in [1.807, 2.05) is 17.9 Å². The number of carbonyl (C=O) groups excluding carboxylic acids is 4. The minimum atomic E-state index is -0.755. The van der Waals surface area contributed by atoms with Crippen LogP contribution in [0, 0.1) is 0 Å². The Bertz CT molecular complexity index is 880. The summed E-state index contributed by atoms with van der Waals surface area (Å²) in [5, 5.41) is 2.79. The summed E-state index contributed by atoms with van der Waals surface area (Å²) in [6.07, 6.45) is 3.43. The molecule has 0 aromatic heterocycles. The van der Waals surface area contributed by atoms with Gasteiger partial charge in [-0.2, -0.15) is 0 Å². The number of likely N-dealkylation sites (tertiary alicyclic amines) is 1. The molecule has 4 rings (SSSR count). The number of nitrogens with zero attached hydrogens (tertiary/aromatic N) is 3. The Morgan fingerprint density at radius 3 is 2.60 bits per heavy atom. The summed E-state index contributed by atoms with van der Waals surface area (Å²) < 4.78 is 0. The lowest BCUT2D eigenvalue weighted by atomic mass is 9.98. The molecule has 3 heterocycles. The molecule has 0 saturated carbocycles. The summed E-state index contributed by atoms with van der Waals surface area (Å²) in [5.74, 6) is -0.290. The number of benzene rings is 1. The molecular weight excluding hydrogens is 384 g/mol. The molecule has 1 aromatic carbocycles. The highest BCUT2D eigenvalue weighted by atomic mass is 16.2. The van der Waals surface area contributed by atoms with E-state index in [0.29, 0.717) is 37.1 Å². The van der Waals surface area contributed by atoms with Crippen molar-refractivity contribution in [3.63, 3.8) is 0 Å². The zero-order valence-electron chi connectivity index (χ0n) is 17.4. The fourth-order valence-corrected chi connectivity index (χ4v) is 4.78. The van der Waals surface area contributed by atoms with E-state index in [1.54, 1.807) is 28.0 Å². The number of amides is 4. The Morgan fingerprint density at radius 1 is 1.10 bits per heavy atom. The van der Waals surface area contributed by atoms with Gasteiger partial charge in [-0.05, 0) is 38.3 Å². The Kier molecular flexibility index (Phi) is 5.49. The van der Waals surface area contributed by atoms with Gasteiger partial charge in [0.1, 0.15) is 5.66 Å². The molecule has 1 N–H and O–H groups in total. The second-order valence-electron chi connectivity index (χ2n) is 8.36. The molecule has 0 aliphatic carbocycles. The molecule has 0 bridgehead atoms. The molecule has 30 heavy (non-hydrogen) atoms. The molecule has 1 aromatic rings. The SMILES string of the molecule is CC12CCC(=O)N1c1ccccc1C(=O)N2CCC(=O)NCCC(=O)N1CCCC1. The third-order valence-electron chi connectivity index (χ3n) is 6.43. The lowest BCUT2D eigenvalue weighted by Crippen LogP contribution is -2.62. The predicted molar refractivity (Wildman–Crippen MR) is 111 cm³/mol. The first-order chi connectivity index (χ1) is 14.4. The minimum absolute atomic E-state index is 0.00710. The Morgan fingerprint density at radius 2 is 1.83 bits per heavy atom. The highest BCUT2D eigenvalue weighted by Crippen LogP contribution is 2.43. The van der Waals surface area contributed by atoms with Crippen LogP contribution < -0.4 is 10.2 Å². The molecule has 8 heteroatoms. The summed E-state index contributed by atoms with van der Waals surface area (Å²) in [6.45, 7) is 4.02. The molecule has 1 atom stereocenters. The number of para-hydroxylation sites is 1. The Balaban J connectivity index is 1.37. The van der Waals surface area contributed by atoms with Crippen LogP contribution in [0.2, 0.25) is 0 Å². The van der Waals surface area contributed by atoms with E-state index in [9.17, 15) is 19.2 Å². The molecule has 0 radical (unpaired) electrons. The van der Waals surface area contributed by atoms with Crippen LogP contribution in [-0.2, 0) is 14.4 Å². The summed E-state index contributed by atoms with van der Waals surface area (Å²) in [7, 11) is 0. The predicted octanol–water partition coefficient (Wildman–Crippen LogP) is 1.50. The standard InChI is InChI=1S/C22H28N4O4/c1-22-11-8-20(29)26(22)17-7-3-2-6-16(17)21(30)25(22)15-10-18(27)23-12-9-19(28)24-13-4-5-14-24/h2-3,6-7H,4-5,8-15H2,1H3,(H,23,27). The second-order valence-corrected chi connectivity index (χ2v) is 8.36. The normalized spacial score (nSPS) is 22.9. The third kappa shape index (κ3) is 3.55. The van der Waals surface area contributed by atoms with Gasteiger partial charge in [-0.25, -0.2) is 0 Å². The van der Waals surface area contributed by atoms with Gasteiger partial charge in [0.2, 0.25) is 17.7 Å². The maximum absolute atomic E-state index is 13.1. The second kappa shape index (κ2) is 8.08. The number of carbonyl (C=O) groups is 4. The van der Waals surface area contributed by atoms with Crippen LogP contribution in [0.15, 0.2) is 24.3 Å². The maximum Gasteiger partial charge on any atom is 0.257 e. The monoisotopic (exact) mass is 412 g/mol. The fourth-order valence-electron chi connectivity index (χ4n) is 4.78. The fraction of sp³-hybridized carbons (Fsp3) is 0.545. The van der Waals surface area contributed by atoms with Gasteiger partial charge in [0.25, 0.3) is 5.91 Å². The van der Waals surface area contributed by atoms with E-state index < -0.39 is 5.66 Å². The molecule has 8 nitrogen and oxygen atoms in total. The number of fused-ring (bicyclic) bond motifs is 3. The summed E-state index contributed by atoms with van der Waals surface area (Å²) in [5.41, 5.74) is 0.379. The first-order valence-corrected chi connectivity index (χ1v) is 10.7. The first-order valence-electron chi connectivity index (χ1n) is 10.7. The van der Waals surface area contributed by atoms with Crippen LogP contribution in [0.4, 0.5) is 5.69 Å². The van der Waals surface area contributed by atoms with Crippen molar-refractivity contribution >= 4 is 29.3 Å². The van der Waals surface area contributed by atoms with Crippen molar-refractivity contribution in [1.82, 2.24) is 15.1 Å². The highest BCUT2D eigenvalue weighted by Gasteiger charge is 2.52. The van der Waals surface area contributed by atoms with Gasteiger partial charge < -0.3 is 15.1 Å². The molecule has 0 spiro atoms. The van der Waals surface area contributed by atoms with Crippen LogP contribution in [0.25, 0.3) is 0 Å². The van der Waals surface area contributed by atoms with Crippen molar-refractivity contribution in [3.8, 4) is 0 Å². The van der Waals surface area contributed by atoms with Gasteiger partial charge in [0, 0.05) is 45.4 Å². The lowest BCUT2D eigenvalue weighted by molar-refractivity contribution is -0.130. The number of anilines is 1. The molecule has 3 aliphatic rings. The zero-order chi connectivity index (χ0) is 21.3. The average Bonchev–Trinajstić information content (AvgIpc) is 3.37. The van der Waals surface area contributed by atoms with E-state index in [2.05, 4.69) is 5.32 Å². The smallest absolute Gasteiger partial charge is 0.257 e. The van der Waals surface area contributed by atoms with E-state index >= 15 is 0 Å². The van der Waals surface area contributed by atoms with E-state index in [1.165, 1.54) is 0 Å². The van der Waals surface area contributed by atoms with Gasteiger partial charge in [0.15, 0.2) is 0 Å². The quantitative estimate of drug-likeness (QED) is 0.767. The van der Waals surface area contributed by atoms with Gasteiger partial charge >= 0.3 is 0 Å². The minimum Gasteiger partial charge on any atom is -0.356 e. The third-order valence-corrected chi connectivity index (χ3v) is 6.43. The van der Waals surface area contributed by atoms with Crippen LogP contribution in [0.3, 0.4) is 0 Å². The van der Waals surface area contributed by atoms with Crippen molar-refractivity contribution in [2.24, 2.45) is 0 Å². The molecule has 3 aliphatic heterocycles. The zero-order valence-corrected chi connectivity index (χ0v) is 17.4. The van der Waals surface area contributed by atoms with Crippen LogP contribution in [0.1, 0.15) is 55.8 Å². The van der Waals surface area contributed by atoms with Gasteiger partial charge in [0.05, 0.1) is 11.3 Å². The van der Waals surface area contributed by atoms with Crippen LogP contribution in [0.5, 0.6) is 0 Å². The number of nitrogens with one attached hydrogen (secondary N) is 1. The maximum atomic E-state index is 13.1. The number of hydrogen-bond acceptors (Lipinski definition) is 4. The summed E-state index contributed by atoms with van der Waals surface area (Å²) >= 11 is 0. The lowest BCUT2D eigenvalue weighted by Gasteiger charge is -2.48. The number of rotatable bonds is 6. The van der Waals surface area contributed by atoms with E-state index in [0.717, 1.165) is 25.9 Å². The Hall–Kier alpha value is -2.90. The molecule has 160 valence electrons. The van der Waals surface area contributed by atoms with Crippen molar-refractivity contribution in [2.75, 3.05) is 31.1 Å². The van der Waals surface area contributed by atoms with Gasteiger partial charge in [-0.15, -0.1) is 0 Å². The molecule has 2 fully saturated rings. The van der Waals surface area contributed by atoms with Crippen molar-refractivity contribution in [2.45, 2.75) is 51.1 Å². The van der Waals surface area contributed by atoms with Crippen molar-refractivity contribution < 1.29 is 19.2 Å². The van der Waals surface area contributed by atoms with Crippen molar-refractivity contribution in [3.05, 3.63) is 29.8 Å². The highest BCUT2D eigenvalue weighted by molar-refractivity contribution is 6.10. The van der Waals surface area contributed by atoms with Gasteiger partial charge in [-0.1, -0.05) is 12.1 Å². The number of hydrogen-bond donors (Lipinski definition) is 1. The molecule has 2 saturated heterocycles. The molecule has 4 amide bonds. The topological polar surface area (TPSA) is 90.0 Å². The van der Waals surface area contributed by atoms with E-state index in [-0.39, 0.29) is 36.6 Å². The molecule has 1 unspecified atom stereocenters. The van der Waals surface area contributed by atoms with Crippen LogP contribution in [-0.4, -0.2) is 65.3 Å². The van der Waals surface area contributed by atoms with Crippen LogP contribution >= 0.6 is 0 Å². The van der Waals surface area contributed by atoms with E-state index in [4.69, 9.17) is 0 Å².